The molecule has 0 radical (unpaired) electrons. The summed E-state index contributed by atoms with van der Waals surface area (Å²) in [4.78, 5) is 18.1. The van der Waals surface area contributed by atoms with Gasteiger partial charge in [0.15, 0.2) is 0 Å². The number of aromatic nitrogens is 1. The Kier molecular flexibility index (Phi) is 4.55. The Hall–Kier alpha value is -2.76. The van der Waals surface area contributed by atoms with Crippen LogP contribution < -0.4 is 9.64 Å². The standard InChI is InChI=1S/C18H18FN3O2/c1-12(13-3-2-6-21-11-13)9-15(20)18(23)22-7-8-24-17-5-4-14(19)10-16(17)22/h2-6,10-12,20H,7-9H2,1H3. The van der Waals surface area contributed by atoms with E-state index in [1.807, 2.05) is 19.1 Å². The summed E-state index contributed by atoms with van der Waals surface area (Å²) in [6.07, 6.45) is 3.72. The summed E-state index contributed by atoms with van der Waals surface area (Å²) >= 11 is 0. The molecular weight excluding hydrogens is 309 g/mol. The van der Waals surface area contributed by atoms with Crippen molar-refractivity contribution in [2.45, 2.75) is 19.3 Å². The van der Waals surface area contributed by atoms with Gasteiger partial charge in [-0.2, -0.15) is 0 Å². The molecular formula is C18H18FN3O2. The predicted octanol–water partition coefficient (Wildman–Crippen LogP) is 3.16. The van der Waals surface area contributed by atoms with E-state index in [4.69, 9.17) is 10.1 Å². The van der Waals surface area contributed by atoms with E-state index in [1.54, 1.807) is 12.4 Å². The lowest BCUT2D eigenvalue weighted by molar-refractivity contribution is -0.113. The Balaban J connectivity index is 1.75. The Labute approximate surface area is 139 Å². The van der Waals surface area contributed by atoms with E-state index in [0.717, 1.165) is 5.56 Å². The zero-order chi connectivity index (χ0) is 17.1. The van der Waals surface area contributed by atoms with E-state index in [0.29, 0.717) is 31.0 Å². The number of hydrogen-bond donors (Lipinski definition) is 1. The molecule has 1 aliphatic heterocycles. The van der Waals surface area contributed by atoms with Crippen LogP contribution in [0, 0.1) is 11.2 Å². The zero-order valence-corrected chi connectivity index (χ0v) is 13.3. The first kappa shape index (κ1) is 16.1. The van der Waals surface area contributed by atoms with Gasteiger partial charge < -0.3 is 9.64 Å². The third-order valence-corrected chi connectivity index (χ3v) is 4.05. The fraction of sp³-hybridized carbons (Fsp3) is 0.278. The topological polar surface area (TPSA) is 66.3 Å². The van der Waals surface area contributed by atoms with Crippen LogP contribution in [-0.4, -0.2) is 29.8 Å². The third kappa shape index (κ3) is 3.27. The van der Waals surface area contributed by atoms with Gasteiger partial charge in [-0.05, 0) is 29.7 Å². The van der Waals surface area contributed by atoms with Gasteiger partial charge in [-0.15, -0.1) is 0 Å². The number of benzene rings is 1. The average molecular weight is 327 g/mol. The number of nitrogens with one attached hydrogen (secondary N) is 1. The van der Waals surface area contributed by atoms with Crippen molar-refractivity contribution in [1.29, 1.82) is 5.41 Å². The summed E-state index contributed by atoms with van der Waals surface area (Å²) in [7, 11) is 0. The lowest BCUT2D eigenvalue weighted by Crippen LogP contribution is -2.42. The Bertz CT molecular complexity index is 764. The Morgan fingerprint density at radius 1 is 1.46 bits per heavy atom. The molecule has 2 aromatic rings. The molecule has 0 fully saturated rings. The second-order valence-corrected chi connectivity index (χ2v) is 5.79. The molecule has 124 valence electrons. The molecule has 1 aliphatic rings. The van der Waals surface area contributed by atoms with Crippen LogP contribution in [0.3, 0.4) is 0 Å². The molecule has 0 aliphatic carbocycles. The van der Waals surface area contributed by atoms with E-state index in [9.17, 15) is 9.18 Å². The van der Waals surface area contributed by atoms with Crippen LogP contribution in [0.1, 0.15) is 24.8 Å². The van der Waals surface area contributed by atoms with Crippen LogP contribution in [-0.2, 0) is 4.79 Å². The Morgan fingerprint density at radius 2 is 2.29 bits per heavy atom. The second-order valence-electron chi connectivity index (χ2n) is 5.79. The van der Waals surface area contributed by atoms with Crippen molar-refractivity contribution in [2.24, 2.45) is 0 Å². The van der Waals surface area contributed by atoms with E-state index >= 15 is 0 Å². The van der Waals surface area contributed by atoms with Gasteiger partial charge in [-0.25, -0.2) is 4.39 Å². The quantitative estimate of drug-likeness (QED) is 0.877. The normalized spacial score (nSPS) is 14.5. The highest BCUT2D eigenvalue weighted by Gasteiger charge is 2.27. The van der Waals surface area contributed by atoms with Crippen molar-refractivity contribution < 1.29 is 13.9 Å². The molecule has 1 unspecified atom stereocenters. The van der Waals surface area contributed by atoms with Crippen molar-refractivity contribution in [3.05, 3.63) is 54.1 Å². The van der Waals surface area contributed by atoms with Crippen molar-refractivity contribution >= 4 is 17.3 Å². The maximum Gasteiger partial charge on any atom is 0.272 e. The highest BCUT2D eigenvalue weighted by Crippen LogP contribution is 2.32. The monoisotopic (exact) mass is 327 g/mol. The number of hydrogen-bond acceptors (Lipinski definition) is 4. The molecule has 1 N–H and O–H groups in total. The zero-order valence-electron chi connectivity index (χ0n) is 13.3. The van der Waals surface area contributed by atoms with Crippen LogP contribution in [0.25, 0.3) is 0 Å². The third-order valence-electron chi connectivity index (χ3n) is 4.05. The van der Waals surface area contributed by atoms with Crippen LogP contribution >= 0.6 is 0 Å². The van der Waals surface area contributed by atoms with E-state index in [2.05, 4.69) is 4.98 Å². The first-order chi connectivity index (χ1) is 11.6. The van der Waals surface area contributed by atoms with Gasteiger partial charge in [-0.1, -0.05) is 13.0 Å². The fourth-order valence-electron chi connectivity index (χ4n) is 2.74. The number of carbonyl (C=O) groups excluding carboxylic acids is 1. The number of anilines is 1. The van der Waals surface area contributed by atoms with Crippen LogP contribution in [0.2, 0.25) is 0 Å². The molecule has 1 atom stereocenters. The maximum absolute atomic E-state index is 13.5. The highest BCUT2D eigenvalue weighted by atomic mass is 19.1. The smallest absolute Gasteiger partial charge is 0.272 e. The number of amides is 1. The summed E-state index contributed by atoms with van der Waals surface area (Å²) < 4.78 is 19.0. The van der Waals surface area contributed by atoms with Gasteiger partial charge >= 0.3 is 0 Å². The number of carbonyl (C=O) groups is 1. The summed E-state index contributed by atoms with van der Waals surface area (Å²) in [6, 6.07) is 7.83. The summed E-state index contributed by atoms with van der Waals surface area (Å²) in [5.74, 6) is -0.388. The minimum Gasteiger partial charge on any atom is -0.490 e. The summed E-state index contributed by atoms with van der Waals surface area (Å²) in [6.45, 7) is 2.58. The van der Waals surface area contributed by atoms with Gasteiger partial charge in [0.05, 0.1) is 17.9 Å². The van der Waals surface area contributed by atoms with Gasteiger partial charge in [-0.3, -0.25) is 15.2 Å². The van der Waals surface area contributed by atoms with Gasteiger partial charge in [0.1, 0.15) is 18.2 Å². The van der Waals surface area contributed by atoms with Gasteiger partial charge in [0.25, 0.3) is 5.91 Å². The highest BCUT2D eigenvalue weighted by molar-refractivity contribution is 6.42. The minimum absolute atomic E-state index is 0.00294. The van der Waals surface area contributed by atoms with E-state index in [1.165, 1.54) is 23.1 Å². The van der Waals surface area contributed by atoms with Crippen LogP contribution in [0.15, 0.2) is 42.7 Å². The van der Waals surface area contributed by atoms with Crippen molar-refractivity contribution in [2.75, 3.05) is 18.1 Å². The molecule has 5 nitrogen and oxygen atoms in total. The SMILES string of the molecule is CC(CC(=N)C(=O)N1CCOc2ccc(F)cc21)c1cccnc1. The first-order valence-corrected chi connectivity index (χ1v) is 7.78. The number of nitrogens with zero attached hydrogens (tertiary/aromatic N) is 2. The summed E-state index contributed by atoms with van der Waals surface area (Å²) in [5.41, 5.74) is 1.34. The summed E-state index contributed by atoms with van der Waals surface area (Å²) in [5, 5.41) is 8.16. The fourth-order valence-corrected chi connectivity index (χ4v) is 2.74. The van der Waals surface area contributed by atoms with E-state index in [-0.39, 0.29) is 11.6 Å². The molecule has 1 aromatic heterocycles. The molecule has 2 heterocycles. The van der Waals surface area contributed by atoms with Crippen molar-refractivity contribution in [3.63, 3.8) is 0 Å². The molecule has 0 saturated carbocycles. The largest absolute Gasteiger partial charge is 0.490 e. The molecule has 1 amide bonds. The molecule has 0 saturated heterocycles. The molecule has 6 heteroatoms. The van der Waals surface area contributed by atoms with Crippen LogP contribution in [0.4, 0.5) is 10.1 Å². The van der Waals surface area contributed by atoms with Gasteiger partial charge in [0, 0.05) is 24.9 Å². The molecule has 24 heavy (non-hydrogen) atoms. The average Bonchev–Trinajstić information content (AvgIpc) is 2.61. The number of rotatable bonds is 4. The number of pyridine rings is 1. The number of fused-ring (bicyclic) bond motifs is 1. The molecule has 3 rings (SSSR count). The number of ether oxygens (including phenoxy) is 1. The number of halogens is 1. The molecule has 0 bridgehead atoms. The van der Waals surface area contributed by atoms with Crippen LogP contribution in [0.5, 0.6) is 5.75 Å². The first-order valence-electron chi connectivity index (χ1n) is 7.78. The lowest BCUT2D eigenvalue weighted by atomic mass is 9.96. The van der Waals surface area contributed by atoms with Crippen molar-refractivity contribution in [1.82, 2.24) is 4.98 Å². The molecule has 0 spiro atoms. The molecule has 1 aromatic carbocycles. The van der Waals surface area contributed by atoms with Crippen molar-refractivity contribution in [3.8, 4) is 5.75 Å². The lowest BCUT2D eigenvalue weighted by Gasteiger charge is -2.30. The predicted molar refractivity (Wildman–Crippen MR) is 89.2 cm³/mol. The maximum atomic E-state index is 13.5. The minimum atomic E-state index is -0.438. The second kappa shape index (κ2) is 6.78. The van der Waals surface area contributed by atoms with Gasteiger partial charge in [0.2, 0.25) is 0 Å². The van der Waals surface area contributed by atoms with E-state index < -0.39 is 11.7 Å². The Morgan fingerprint density at radius 3 is 3.04 bits per heavy atom.